The molecule has 0 saturated heterocycles. The average Bonchev–Trinajstić information content (AvgIpc) is 2.37. The Balaban J connectivity index is 2.40. The second kappa shape index (κ2) is 5.38. The Labute approximate surface area is 119 Å². The number of para-hydroxylation sites is 1. The monoisotopic (exact) mass is 317 g/mol. The van der Waals surface area contributed by atoms with Gasteiger partial charge in [-0.2, -0.15) is 13.2 Å². The van der Waals surface area contributed by atoms with Crippen LogP contribution in [0.15, 0.2) is 53.4 Å². The molecule has 0 radical (unpaired) electrons. The van der Waals surface area contributed by atoms with Gasteiger partial charge < -0.3 is 4.74 Å². The first-order chi connectivity index (χ1) is 9.68. The summed E-state index contributed by atoms with van der Waals surface area (Å²) >= 11 is 0. The molecule has 0 amide bonds. The maximum Gasteiger partial charge on any atom is 0.416 e. The number of primary sulfonamides is 1. The normalized spacial score (nSPS) is 12.2. The van der Waals surface area contributed by atoms with E-state index in [2.05, 4.69) is 0 Å². The molecule has 2 aromatic carbocycles. The van der Waals surface area contributed by atoms with E-state index in [1.807, 2.05) is 0 Å². The molecule has 0 spiro atoms. The molecular formula is C13H10F3NO3S. The van der Waals surface area contributed by atoms with Gasteiger partial charge in [0.1, 0.15) is 16.4 Å². The van der Waals surface area contributed by atoms with E-state index in [0.29, 0.717) is 0 Å². The highest BCUT2D eigenvalue weighted by Crippen LogP contribution is 2.33. The lowest BCUT2D eigenvalue weighted by Crippen LogP contribution is -2.13. The van der Waals surface area contributed by atoms with Gasteiger partial charge in [0.25, 0.3) is 0 Å². The Bertz CT molecular complexity index is 757. The fourth-order valence-corrected chi connectivity index (χ4v) is 2.29. The molecule has 21 heavy (non-hydrogen) atoms. The summed E-state index contributed by atoms with van der Waals surface area (Å²) in [6.07, 6.45) is -4.52. The quantitative estimate of drug-likeness (QED) is 0.945. The van der Waals surface area contributed by atoms with Crippen LogP contribution in [-0.4, -0.2) is 8.42 Å². The summed E-state index contributed by atoms with van der Waals surface area (Å²) in [5, 5.41) is 5.02. The van der Waals surface area contributed by atoms with E-state index in [-0.39, 0.29) is 16.4 Å². The van der Waals surface area contributed by atoms with Crippen LogP contribution in [0, 0.1) is 0 Å². The lowest BCUT2D eigenvalue weighted by Gasteiger charge is -2.12. The van der Waals surface area contributed by atoms with Gasteiger partial charge in [-0.3, -0.25) is 0 Å². The van der Waals surface area contributed by atoms with Crippen molar-refractivity contribution in [2.45, 2.75) is 11.1 Å². The van der Waals surface area contributed by atoms with Crippen LogP contribution in [0.25, 0.3) is 0 Å². The topological polar surface area (TPSA) is 69.4 Å². The fraction of sp³-hybridized carbons (Fsp3) is 0.0769. The summed E-state index contributed by atoms with van der Waals surface area (Å²) in [7, 11) is -4.04. The van der Waals surface area contributed by atoms with Gasteiger partial charge in [0.05, 0.1) is 5.56 Å². The summed E-state index contributed by atoms with van der Waals surface area (Å²) in [4.78, 5) is -0.303. The SMILES string of the molecule is NS(=O)(=O)c1ccccc1Oc1cccc(C(F)(F)F)c1. The fourth-order valence-electron chi connectivity index (χ4n) is 1.63. The molecule has 2 aromatic rings. The summed E-state index contributed by atoms with van der Waals surface area (Å²) in [5.41, 5.74) is -0.895. The van der Waals surface area contributed by atoms with Gasteiger partial charge >= 0.3 is 6.18 Å². The molecule has 0 saturated carbocycles. The second-order valence-corrected chi connectivity index (χ2v) is 5.65. The van der Waals surface area contributed by atoms with Crippen LogP contribution in [0.5, 0.6) is 11.5 Å². The summed E-state index contributed by atoms with van der Waals surface area (Å²) in [5.74, 6) is -0.278. The molecule has 0 atom stereocenters. The predicted molar refractivity (Wildman–Crippen MR) is 69.3 cm³/mol. The van der Waals surface area contributed by atoms with E-state index in [9.17, 15) is 21.6 Å². The van der Waals surface area contributed by atoms with E-state index in [1.54, 1.807) is 0 Å². The second-order valence-electron chi connectivity index (χ2n) is 4.12. The van der Waals surface area contributed by atoms with E-state index in [0.717, 1.165) is 18.2 Å². The van der Waals surface area contributed by atoms with Crippen molar-refractivity contribution in [1.29, 1.82) is 0 Å². The molecule has 2 N–H and O–H groups in total. The van der Waals surface area contributed by atoms with Gasteiger partial charge in [0, 0.05) is 0 Å². The lowest BCUT2D eigenvalue weighted by atomic mass is 10.2. The highest BCUT2D eigenvalue weighted by atomic mass is 32.2. The van der Waals surface area contributed by atoms with Crippen molar-refractivity contribution in [3.05, 3.63) is 54.1 Å². The highest BCUT2D eigenvalue weighted by molar-refractivity contribution is 7.89. The maximum atomic E-state index is 12.6. The standard InChI is InChI=1S/C13H10F3NO3S/c14-13(15,16)9-4-3-5-10(8-9)20-11-6-1-2-7-12(11)21(17,18)19/h1-8H,(H2,17,18,19). The zero-order valence-corrected chi connectivity index (χ0v) is 11.3. The predicted octanol–water partition coefficient (Wildman–Crippen LogP) is 3.15. The number of hydrogen-bond acceptors (Lipinski definition) is 3. The van der Waals surface area contributed by atoms with Crippen molar-refractivity contribution in [3.8, 4) is 11.5 Å². The minimum Gasteiger partial charge on any atom is -0.456 e. The van der Waals surface area contributed by atoms with Crippen LogP contribution in [0.4, 0.5) is 13.2 Å². The van der Waals surface area contributed by atoms with Crippen molar-refractivity contribution in [2.75, 3.05) is 0 Å². The van der Waals surface area contributed by atoms with E-state index in [4.69, 9.17) is 9.88 Å². The number of hydrogen-bond donors (Lipinski definition) is 1. The number of halogens is 3. The van der Waals surface area contributed by atoms with Crippen LogP contribution in [0.3, 0.4) is 0 Å². The van der Waals surface area contributed by atoms with Crippen LogP contribution in [0.1, 0.15) is 5.56 Å². The molecule has 112 valence electrons. The molecule has 0 aliphatic carbocycles. The van der Waals surface area contributed by atoms with Gasteiger partial charge in [-0.25, -0.2) is 13.6 Å². The van der Waals surface area contributed by atoms with Crippen LogP contribution in [-0.2, 0) is 16.2 Å². The average molecular weight is 317 g/mol. The molecule has 2 rings (SSSR count). The third-order valence-electron chi connectivity index (χ3n) is 2.54. The van der Waals surface area contributed by atoms with Crippen LogP contribution < -0.4 is 9.88 Å². The first-order valence-electron chi connectivity index (χ1n) is 5.65. The molecule has 4 nitrogen and oxygen atoms in total. The maximum absolute atomic E-state index is 12.6. The van der Waals surface area contributed by atoms with Crippen molar-refractivity contribution in [1.82, 2.24) is 0 Å². The number of sulfonamides is 1. The Morgan fingerprint density at radius 2 is 1.67 bits per heavy atom. The van der Waals surface area contributed by atoms with Crippen molar-refractivity contribution in [3.63, 3.8) is 0 Å². The molecule has 8 heteroatoms. The van der Waals surface area contributed by atoms with E-state index >= 15 is 0 Å². The Morgan fingerprint density at radius 3 is 2.29 bits per heavy atom. The minimum absolute atomic E-state index is 0.138. The minimum atomic E-state index is -4.52. The van der Waals surface area contributed by atoms with Crippen molar-refractivity contribution < 1.29 is 26.3 Å². The zero-order chi connectivity index (χ0) is 15.7. The Kier molecular flexibility index (Phi) is 3.93. The van der Waals surface area contributed by atoms with Gasteiger partial charge in [0.2, 0.25) is 10.0 Å². The van der Waals surface area contributed by atoms with Crippen LogP contribution >= 0.6 is 0 Å². The highest BCUT2D eigenvalue weighted by Gasteiger charge is 2.30. The summed E-state index contributed by atoms with van der Waals surface area (Å²) in [6.45, 7) is 0. The molecule has 0 aliphatic rings. The molecule has 0 heterocycles. The Hall–Kier alpha value is -2.06. The summed E-state index contributed by atoms with van der Waals surface area (Å²) in [6, 6.07) is 9.54. The third-order valence-corrected chi connectivity index (χ3v) is 3.50. The lowest BCUT2D eigenvalue weighted by molar-refractivity contribution is -0.137. The molecule has 0 aliphatic heterocycles. The first-order valence-corrected chi connectivity index (χ1v) is 7.19. The van der Waals surface area contributed by atoms with E-state index in [1.165, 1.54) is 30.3 Å². The van der Waals surface area contributed by atoms with Crippen molar-refractivity contribution >= 4 is 10.0 Å². The molecular weight excluding hydrogens is 307 g/mol. The van der Waals surface area contributed by atoms with E-state index < -0.39 is 21.8 Å². The molecule has 0 aromatic heterocycles. The number of rotatable bonds is 3. The molecule has 0 unspecified atom stereocenters. The number of nitrogens with two attached hydrogens (primary N) is 1. The number of alkyl halides is 3. The van der Waals surface area contributed by atoms with Gasteiger partial charge in [-0.15, -0.1) is 0 Å². The van der Waals surface area contributed by atoms with Crippen molar-refractivity contribution in [2.24, 2.45) is 5.14 Å². The van der Waals surface area contributed by atoms with Gasteiger partial charge in [0.15, 0.2) is 0 Å². The van der Waals surface area contributed by atoms with Gasteiger partial charge in [-0.1, -0.05) is 18.2 Å². The number of benzene rings is 2. The first kappa shape index (κ1) is 15.3. The molecule has 0 fully saturated rings. The number of ether oxygens (including phenoxy) is 1. The Morgan fingerprint density at radius 1 is 1.00 bits per heavy atom. The smallest absolute Gasteiger partial charge is 0.416 e. The third kappa shape index (κ3) is 3.73. The largest absolute Gasteiger partial charge is 0.456 e. The van der Waals surface area contributed by atoms with Crippen LogP contribution in [0.2, 0.25) is 0 Å². The van der Waals surface area contributed by atoms with Gasteiger partial charge in [-0.05, 0) is 30.3 Å². The zero-order valence-electron chi connectivity index (χ0n) is 10.5. The molecule has 0 bridgehead atoms. The summed E-state index contributed by atoms with van der Waals surface area (Å²) < 4.78 is 65.8.